The molecule has 5 nitrogen and oxygen atoms in total. The van der Waals surface area contributed by atoms with Crippen molar-refractivity contribution in [3.05, 3.63) is 52.8 Å². The van der Waals surface area contributed by atoms with E-state index in [0.29, 0.717) is 23.7 Å². The molecule has 1 aromatic heterocycles. The Balaban J connectivity index is 1.33. The fourth-order valence-electron chi connectivity index (χ4n) is 5.26. The second-order valence-corrected chi connectivity index (χ2v) is 8.47. The van der Waals surface area contributed by atoms with Crippen LogP contribution in [-0.2, 0) is 19.3 Å². The number of carbonyl (C=O) groups excluding carboxylic acids is 1. The number of nitrogens with zero attached hydrogens (tertiary/aromatic N) is 3. The molecule has 2 bridgehead atoms. The number of benzene rings is 1. The Morgan fingerprint density at radius 3 is 2.59 bits per heavy atom. The van der Waals surface area contributed by atoms with Gasteiger partial charge in [-0.05, 0) is 55.2 Å². The molecule has 1 N–H and O–H groups in total. The molecule has 0 spiro atoms. The summed E-state index contributed by atoms with van der Waals surface area (Å²) in [5.74, 6) is 0.693. The minimum absolute atomic E-state index is 0.109. The normalized spacial score (nSPS) is 25.6. The van der Waals surface area contributed by atoms with Crippen molar-refractivity contribution in [1.82, 2.24) is 20.0 Å². The molecule has 4 heterocycles. The topological polar surface area (TPSA) is 52.2 Å². The molecular weight excluding hydrogens is 336 g/mol. The molecular formula is C22H28N4O. The highest BCUT2D eigenvalue weighted by Gasteiger charge is 2.40. The summed E-state index contributed by atoms with van der Waals surface area (Å²) in [5, 5.41) is 7.26. The van der Waals surface area contributed by atoms with Crippen molar-refractivity contribution in [2.45, 2.75) is 51.1 Å². The number of piperidine rings is 1. The van der Waals surface area contributed by atoms with E-state index < -0.39 is 0 Å². The highest BCUT2D eigenvalue weighted by atomic mass is 16.2. The van der Waals surface area contributed by atoms with Crippen LogP contribution in [0.1, 0.15) is 47.1 Å². The molecule has 6 rings (SSSR count). The van der Waals surface area contributed by atoms with Gasteiger partial charge in [-0.1, -0.05) is 31.2 Å². The predicted octanol–water partition coefficient (Wildman–Crippen LogP) is 2.68. The third-order valence-electron chi connectivity index (χ3n) is 6.78. The molecule has 0 radical (unpaired) electrons. The molecule has 1 amide bonds. The van der Waals surface area contributed by atoms with Gasteiger partial charge in [-0.25, -0.2) is 0 Å². The van der Waals surface area contributed by atoms with E-state index in [-0.39, 0.29) is 5.91 Å². The van der Waals surface area contributed by atoms with Crippen molar-refractivity contribution in [3.63, 3.8) is 0 Å². The quantitative estimate of drug-likeness (QED) is 0.911. The second-order valence-electron chi connectivity index (χ2n) is 8.47. The van der Waals surface area contributed by atoms with Crippen LogP contribution in [-0.4, -0.2) is 57.6 Å². The van der Waals surface area contributed by atoms with Gasteiger partial charge in [0.1, 0.15) is 5.69 Å². The van der Waals surface area contributed by atoms with E-state index in [2.05, 4.69) is 51.2 Å². The number of rotatable bonds is 3. The molecule has 0 saturated carbocycles. The summed E-state index contributed by atoms with van der Waals surface area (Å²) in [6, 6.07) is 11.7. The lowest BCUT2D eigenvalue weighted by Gasteiger charge is -2.36. The van der Waals surface area contributed by atoms with Crippen LogP contribution in [0.3, 0.4) is 0 Å². The lowest BCUT2D eigenvalue weighted by Crippen LogP contribution is -2.48. The molecule has 142 valence electrons. The molecule has 2 atom stereocenters. The molecule has 1 aromatic carbocycles. The third kappa shape index (κ3) is 3.08. The minimum Gasteiger partial charge on any atom is -0.333 e. The fraction of sp³-hybridized carbons (Fsp3) is 0.545. The van der Waals surface area contributed by atoms with Crippen LogP contribution in [0.15, 0.2) is 30.3 Å². The van der Waals surface area contributed by atoms with Gasteiger partial charge in [-0.15, -0.1) is 0 Å². The van der Waals surface area contributed by atoms with Crippen molar-refractivity contribution in [3.8, 4) is 0 Å². The maximum absolute atomic E-state index is 13.1. The Hall–Kier alpha value is -2.14. The van der Waals surface area contributed by atoms with Gasteiger partial charge >= 0.3 is 0 Å². The number of aromatic amines is 1. The molecule has 4 aliphatic rings. The Morgan fingerprint density at radius 1 is 1.11 bits per heavy atom. The average Bonchev–Trinajstić information content (AvgIpc) is 3.25. The number of aromatic nitrogens is 2. The molecule has 3 fully saturated rings. The summed E-state index contributed by atoms with van der Waals surface area (Å²) in [6.07, 6.45) is 5.55. The van der Waals surface area contributed by atoms with Crippen LogP contribution in [0.25, 0.3) is 0 Å². The van der Waals surface area contributed by atoms with E-state index in [4.69, 9.17) is 0 Å². The average molecular weight is 364 g/mol. The molecule has 5 heteroatoms. The van der Waals surface area contributed by atoms with Gasteiger partial charge in [0.2, 0.25) is 0 Å². The lowest BCUT2D eigenvalue weighted by molar-refractivity contribution is 0.0575. The maximum atomic E-state index is 13.1. The van der Waals surface area contributed by atoms with Crippen LogP contribution >= 0.6 is 0 Å². The molecule has 3 saturated heterocycles. The van der Waals surface area contributed by atoms with Gasteiger partial charge in [-0.3, -0.25) is 14.8 Å². The van der Waals surface area contributed by atoms with Crippen molar-refractivity contribution in [2.24, 2.45) is 5.92 Å². The molecule has 1 aliphatic carbocycles. The minimum atomic E-state index is 0.109. The van der Waals surface area contributed by atoms with Crippen LogP contribution < -0.4 is 0 Å². The van der Waals surface area contributed by atoms with E-state index in [1.54, 1.807) is 0 Å². The zero-order chi connectivity index (χ0) is 18.4. The van der Waals surface area contributed by atoms with Gasteiger partial charge in [0.05, 0.1) is 0 Å². The summed E-state index contributed by atoms with van der Waals surface area (Å²) in [6.45, 7) is 5.09. The zero-order valence-electron chi connectivity index (χ0n) is 16.0. The SMILES string of the molecule is CCc1cc(C(=O)N2C[C@H]3CC[C@@H]2CN(C2Cc4ccccc4C2)C3)n[nH]1. The number of carbonyl (C=O) groups is 1. The first kappa shape index (κ1) is 17.0. The van der Waals surface area contributed by atoms with Crippen LogP contribution in [0.5, 0.6) is 0 Å². The monoisotopic (exact) mass is 364 g/mol. The Morgan fingerprint density at radius 2 is 1.89 bits per heavy atom. The standard InChI is InChI=1S/C22H28N4O/c1-2-18-11-21(24-23-18)22(27)26-13-15-7-8-19(26)14-25(12-15)20-9-16-5-3-4-6-17(16)10-20/h3-6,11,15,19-20H,2,7-10,12-14H2,1H3,(H,23,24)/t15-,19+/m0/s1. The van der Waals surface area contributed by atoms with Gasteiger partial charge in [0.15, 0.2) is 0 Å². The number of H-pyrrole nitrogens is 1. The van der Waals surface area contributed by atoms with Crippen molar-refractivity contribution in [2.75, 3.05) is 19.6 Å². The van der Waals surface area contributed by atoms with E-state index >= 15 is 0 Å². The Kier molecular flexibility index (Phi) is 4.27. The Labute approximate surface area is 160 Å². The van der Waals surface area contributed by atoms with Crippen LogP contribution in [0.2, 0.25) is 0 Å². The first-order valence-electron chi connectivity index (χ1n) is 10.4. The largest absolute Gasteiger partial charge is 0.333 e. The summed E-state index contributed by atoms with van der Waals surface area (Å²) in [5.41, 5.74) is 4.63. The summed E-state index contributed by atoms with van der Waals surface area (Å²) in [4.78, 5) is 17.9. The predicted molar refractivity (Wildman–Crippen MR) is 105 cm³/mol. The number of amides is 1. The highest BCUT2D eigenvalue weighted by Crippen LogP contribution is 2.33. The smallest absolute Gasteiger partial charge is 0.274 e. The summed E-state index contributed by atoms with van der Waals surface area (Å²) in [7, 11) is 0. The van der Waals surface area contributed by atoms with Gasteiger partial charge < -0.3 is 4.90 Å². The fourth-order valence-corrected chi connectivity index (χ4v) is 5.26. The van der Waals surface area contributed by atoms with Crippen molar-refractivity contribution < 1.29 is 4.79 Å². The lowest BCUT2D eigenvalue weighted by atomic mass is 9.94. The van der Waals surface area contributed by atoms with E-state index in [1.807, 2.05) is 6.07 Å². The van der Waals surface area contributed by atoms with Gasteiger partial charge in [-0.2, -0.15) is 5.10 Å². The number of hydrogen-bond acceptors (Lipinski definition) is 3. The van der Waals surface area contributed by atoms with E-state index in [1.165, 1.54) is 17.5 Å². The molecule has 0 unspecified atom stereocenters. The van der Waals surface area contributed by atoms with Crippen molar-refractivity contribution >= 4 is 5.91 Å². The number of aryl methyl sites for hydroxylation is 1. The van der Waals surface area contributed by atoms with Gasteiger partial charge in [0.25, 0.3) is 5.91 Å². The third-order valence-corrected chi connectivity index (χ3v) is 6.78. The second kappa shape index (κ2) is 6.79. The van der Waals surface area contributed by atoms with Gasteiger partial charge in [0, 0.05) is 37.4 Å². The number of fused-ring (bicyclic) bond motifs is 5. The summed E-state index contributed by atoms with van der Waals surface area (Å²) < 4.78 is 0. The van der Waals surface area contributed by atoms with E-state index in [9.17, 15) is 4.79 Å². The van der Waals surface area contributed by atoms with Crippen LogP contribution in [0.4, 0.5) is 0 Å². The first-order chi connectivity index (χ1) is 13.2. The Bertz CT molecular complexity index is 819. The maximum Gasteiger partial charge on any atom is 0.274 e. The molecule has 2 aromatic rings. The number of hydrogen-bond donors (Lipinski definition) is 1. The molecule has 3 aliphatic heterocycles. The van der Waals surface area contributed by atoms with Crippen molar-refractivity contribution in [1.29, 1.82) is 0 Å². The highest BCUT2D eigenvalue weighted by molar-refractivity contribution is 5.92. The zero-order valence-corrected chi connectivity index (χ0v) is 16.0. The molecule has 27 heavy (non-hydrogen) atoms. The van der Waals surface area contributed by atoms with E-state index in [0.717, 1.165) is 51.0 Å². The van der Waals surface area contributed by atoms with Crippen LogP contribution in [0, 0.1) is 5.92 Å². The number of nitrogens with one attached hydrogen (secondary N) is 1. The first-order valence-corrected chi connectivity index (χ1v) is 10.4. The summed E-state index contributed by atoms with van der Waals surface area (Å²) >= 11 is 0.